The van der Waals surface area contributed by atoms with Crippen molar-refractivity contribution in [3.8, 4) is 17.3 Å². The number of hydrogen-bond acceptors (Lipinski definition) is 3. The first-order valence-electron chi connectivity index (χ1n) is 3.81. The summed E-state index contributed by atoms with van der Waals surface area (Å²) < 4.78 is 4.72. The van der Waals surface area contributed by atoms with Crippen LogP contribution in [0.3, 0.4) is 0 Å². The fourth-order valence-electron chi connectivity index (χ4n) is 1.12. The minimum atomic E-state index is 0.464. The third kappa shape index (κ3) is 1.30. The van der Waals surface area contributed by atoms with Gasteiger partial charge in [-0.15, -0.1) is 0 Å². The molecular weight excluding hydrogens is 164 g/mol. The fourth-order valence-corrected chi connectivity index (χ4v) is 1.12. The molecule has 2 rings (SSSR count). The van der Waals surface area contributed by atoms with Gasteiger partial charge in [0.2, 0.25) is 0 Å². The van der Waals surface area contributed by atoms with E-state index < -0.39 is 0 Å². The first-order chi connectivity index (χ1) is 6.42. The molecule has 0 unspecified atom stereocenters. The molecule has 0 radical (unpaired) electrons. The van der Waals surface area contributed by atoms with Crippen LogP contribution in [0.15, 0.2) is 41.1 Å². The van der Waals surface area contributed by atoms with Gasteiger partial charge in [0.25, 0.3) is 0 Å². The molecule has 0 aliphatic rings. The molecule has 0 spiro atoms. The lowest BCUT2D eigenvalue weighted by molar-refractivity contribution is 0.422. The van der Waals surface area contributed by atoms with Crippen LogP contribution >= 0.6 is 0 Å². The second-order valence-electron chi connectivity index (χ2n) is 2.55. The summed E-state index contributed by atoms with van der Waals surface area (Å²) in [5.41, 5.74) is 1.96. The van der Waals surface area contributed by atoms with E-state index in [0.717, 1.165) is 5.56 Å². The largest absolute Gasteiger partial charge is 0.363 e. The molecule has 0 fully saturated rings. The third-order valence-corrected chi connectivity index (χ3v) is 1.74. The number of aromatic nitrogens is 1. The van der Waals surface area contributed by atoms with Crippen LogP contribution in [-0.2, 0) is 0 Å². The molecule has 0 aliphatic carbocycles. The van der Waals surface area contributed by atoms with Gasteiger partial charge < -0.3 is 4.52 Å². The van der Waals surface area contributed by atoms with Crippen LogP contribution < -0.4 is 0 Å². The molecular formula is C10H6N2O. The molecule has 3 heteroatoms. The average Bonchev–Trinajstić information content (AvgIpc) is 2.67. The van der Waals surface area contributed by atoms with Crippen molar-refractivity contribution in [2.45, 2.75) is 0 Å². The van der Waals surface area contributed by atoms with Crippen molar-refractivity contribution < 1.29 is 4.52 Å². The number of nitriles is 1. The zero-order valence-corrected chi connectivity index (χ0v) is 6.77. The predicted molar refractivity (Wildman–Crippen MR) is 46.7 cm³/mol. The van der Waals surface area contributed by atoms with Crippen LogP contribution in [0.5, 0.6) is 0 Å². The van der Waals surface area contributed by atoms with Gasteiger partial charge in [-0.1, -0.05) is 35.5 Å². The Morgan fingerprint density at radius 2 is 2.00 bits per heavy atom. The van der Waals surface area contributed by atoms with E-state index in [-0.39, 0.29) is 0 Å². The van der Waals surface area contributed by atoms with Gasteiger partial charge in [-0.25, -0.2) is 0 Å². The van der Waals surface area contributed by atoms with Crippen molar-refractivity contribution in [2.24, 2.45) is 0 Å². The van der Waals surface area contributed by atoms with E-state index in [1.165, 1.54) is 6.26 Å². The first-order valence-corrected chi connectivity index (χ1v) is 3.81. The zero-order valence-electron chi connectivity index (χ0n) is 6.77. The molecule has 0 N–H and O–H groups in total. The number of benzene rings is 1. The van der Waals surface area contributed by atoms with Gasteiger partial charge in [-0.3, -0.25) is 0 Å². The van der Waals surface area contributed by atoms with Crippen LogP contribution in [0.2, 0.25) is 0 Å². The molecule has 3 nitrogen and oxygen atoms in total. The lowest BCUT2D eigenvalue weighted by Crippen LogP contribution is -1.79. The molecule has 1 aromatic heterocycles. The highest BCUT2D eigenvalue weighted by atomic mass is 16.5. The van der Waals surface area contributed by atoms with E-state index in [1.54, 1.807) is 0 Å². The summed E-state index contributed by atoms with van der Waals surface area (Å²) in [7, 11) is 0. The number of rotatable bonds is 1. The molecule has 1 heterocycles. The van der Waals surface area contributed by atoms with Crippen molar-refractivity contribution in [2.75, 3.05) is 0 Å². The first kappa shape index (κ1) is 7.56. The standard InChI is InChI=1S/C10H6N2O/c11-6-9-7-13-12-10(9)8-4-2-1-3-5-8/h1-5,7H. The lowest BCUT2D eigenvalue weighted by atomic mass is 10.1. The zero-order chi connectivity index (χ0) is 9.10. The highest BCUT2D eigenvalue weighted by Crippen LogP contribution is 2.20. The Kier molecular flexibility index (Phi) is 1.81. The molecule has 0 atom stereocenters. The van der Waals surface area contributed by atoms with Crippen molar-refractivity contribution in [3.05, 3.63) is 42.2 Å². The third-order valence-electron chi connectivity index (χ3n) is 1.74. The van der Waals surface area contributed by atoms with Gasteiger partial charge in [0.1, 0.15) is 23.6 Å². The Morgan fingerprint density at radius 1 is 1.23 bits per heavy atom. The second-order valence-corrected chi connectivity index (χ2v) is 2.55. The Morgan fingerprint density at radius 3 is 2.69 bits per heavy atom. The van der Waals surface area contributed by atoms with E-state index in [4.69, 9.17) is 9.78 Å². The summed E-state index contributed by atoms with van der Waals surface area (Å²) >= 11 is 0. The minimum Gasteiger partial charge on any atom is -0.363 e. The van der Waals surface area contributed by atoms with Gasteiger partial charge in [0.05, 0.1) is 0 Å². The Bertz CT molecular complexity index is 439. The van der Waals surface area contributed by atoms with Crippen molar-refractivity contribution in [1.82, 2.24) is 5.16 Å². The summed E-state index contributed by atoms with van der Waals surface area (Å²) in [6.45, 7) is 0. The van der Waals surface area contributed by atoms with Crippen molar-refractivity contribution in [1.29, 1.82) is 5.26 Å². The highest BCUT2D eigenvalue weighted by molar-refractivity contribution is 5.65. The monoisotopic (exact) mass is 170 g/mol. The summed E-state index contributed by atoms with van der Waals surface area (Å²) in [5.74, 6) is 0. The molecule has 2 aromatic rings. The Labute approximate surface area is 75.2 Å². The minimum absolute atomic E-state index is 0.464. The van der Waals surface area contributed by atoms with Crippen LogP contribution in [0.25, 0.3) is 11.3 Å². The summed E-state index contributed by atoms with van der Waals surface area (Å²) in [5, 5.41) is 12.5. The molecule has 0 saturated carbocycles. The predicted octanol–water partition coefficient (Wildman–Crippen LogP) is 2.21. The van der Waals surface area contributed by atoms with Crippen molar-refractivity contribution in [3.63, 3.8) is 0 Å². The Hall–Kier alpha value is -2.08. The van der Waals surface area contributed by atoms with Gasteiger partial charge >= 0.3 is 0 Å². The molecule has 1 aromatic carbocycles. The quantitative estimate of drug-likeness (QED) is 0.659. The van der Waals surface area contributed by atoms with Crippen LogP contribution in [0.1, 0.15) is 5.56 Å². The van der Waals surface area contributed by atoms with E-state index >= 15 is 0 Å². The molecule has 13 heavy (non-hydrogen) atoms. The van der Waals surface area contributed by atoms with Crippen LogP contribution in [-0.4, -0.2) is 5.16 Å². The van der Waals surface area contributed by atoms with Crippen LogP contribution in [0, 0.1) is 11.3 Å². The molecule has 0 amide bonds. The van der Waals surface area contributed by atoms with E-state index in [2.05, 4.69) is 5.16 Å². The van der Waals surface area contributed by atoms with E-state index in [9.17, 15) is 0 Å². The fraction of sp³-hybridized carbons (Fsp3) is 0. The maximum atomic E-state index is 8.72. The van der Waals surface area contributed by atoms with Gasteiger partial charge in [0, 0.05) is 5.56 Å². The van der Waals surface area contributed by atoms with Gasteiger partial charge in [-0.05, 0) is 0 Å². The highest BCUT2D eigenvalue weighted by Gasteiger charge is 2.07. The summed E-state index contributed by atoms with van der Waals surface area (Å²) in [4.78, 5) is 0. The summed E-state index contributed by atoms with van der Waals surface area (Å²) in [6, 6.07) is 11.5. The van der Waals surface area contributed by atoms with Gasteiger partial charge in [0.15, 0.2) is 0 Å². The van der Waals surface area contributed by atoms with E-state index in [0.29, 0.717) is 11.3 Å². The average molecular weight is 170 g/mol. The lowest BCUT2D eigenvalue weighted by Gasteiger charge is -1.93. The summed E-state index contributed by atoms with van der Waals surface area (Å²) in [6.07, 6.45) is 1.35. The van der Waals surface area contributed by atoms with E-state index in [1.807, 2.05) is 36.4 Å². The normalized spacial score (nSPS) is 9.46. The van der Waals surface area contributed by atoms with Gasteiger partial charge in [-0.2, -0.15) is 5.26 Å². The van der Waals surface area contributed by atoms with Crippen LogP contribution in [0.4, 0.5) is 0 Å². The number of hydrogen-bond donors (Lipinski definition) is 0. The molecule has 62 valence electrons. The molecule has 0 saturated heterocycles. The maximum absolute atomic E-state index is 8.72. The molecule has 0 bridgehead atoms. The topological polar surface area (TPSA) is 49.8 Å². The smallest absolute Gasteiger partial charge is 0.142 e. The second kappa shape index (κ2) is 3.11. The maximum Gasteiger partial charge on any atom is 0.142 e. The van der Waals surface area contributed by atoms with Crippen molar-refractivity contribution >= 4 is 0 Å². The molecule has 0 aliphatic heterocycles. The number of nitrogens with zero attached hydrogens (tertiary/aromatic N) is 2. The Balaban J connectivity index is 2.54. The SMILES string of the molecule is N#Cc1conc1-c1ccccc1.